The number of aromatic nitrogens is 4. The molecule has 0 unspecified atom stereocenters. The number of rotatable bonds is 4. The summed E-state index contributed by atoms with van der Waals surface area (Å²) in [4.78, 5) is 51.9. The Bertz CT molecular complexity index is 1170. The number of amides is 2. The molecular formula is C17H18N6O4. The lowest BCUT2D eigenvalue weighted by Crippen LogP contribution is -2.37. The zero-order valence-corrected chi connectivity index (χ0v) is 15.0. The van der Waals surface area contributed by atoms with Crippen molar-refractivity contribution in [3.05, 3.63) is 51.4 Å². The standard InChI is InChI=1S/C17H18N6O4/c1-10(24)19-11-5-4-6-12(7-11)20-13(25)8-23-9-18-15-14(23)16(26)22(3)17(27)21(15)2/h4-7,9H,8H2,1-3H3,(H,19,24)(H,20,25). The van der Waals surface area contributed by atoms with E-state index >= 15 is 0 Å². The van der Waals surface area contributed by atoms with E-state index in [0.717, 1.165) is 4.57 Å². The number of carbonyl (C=O) groups is 2. The quantitative estimate of drug-likeness (QED) is 0.671. The average molecular weight is 370 g/mol. The first kappa shape index (κ1) is 18.1. The van der Waals surface area contributed by atoms with Crippen LogP contribution in [0.1, 0.15) is 6.92 Å². The first-order valence-corrected chi connectivity index (χ1v) is 8.06. The van der Waals surface area contributed by atoms with E-state index in [1.54, 1.807) is 24.3 Å². The summed E-state index contributed by atoms with van der Waals surface area (Å²) in [6.07, 6.45) is 1.35. The number of nitrogens with one attached hydrogen (secondary N) is 2. The Labute approximate surface area is 153 Å². The van der Waals surface area contributed by atoms with E-state index in [1.165, 1.54) is 36.5 Å². The van der Waals surface area contributed by atoms with Crippen LogP contribution in [0, 0.1) is 0 Å². The fourth-order valence-electron chi connectivity index (χ4n) is 2.75. The molecule has 0 spiro atoms. The third-order valence-corrected chi connectivity index (χ3v) is 4.00. The highest BCUT2D eigenvalue weighted by molar-refractivity contribution is 5.93. The Hall–Kier alpha value is -3.69. The number of anilines is 2. The monoisotopic (exact) mass is 370 g/mol. The van der Waals surface area contributed by atoms with Crippen molar-refractivity contribution in [1.82, 2.24) is 18.7 Å². The summed E-state index contributed by atoms with van der Waals surface area (Å²) in [5, 5.41) is 5.33. The molecule has 140 valence electrons. The molecule has 2 amide bonds. The van der Waals surface area contributed by atoms with Crippen LogP contribution in [0.15, 0.2) is 40.2 Å². The number of imidazole rings is 1. The number of benzene rings is 1. The van der Waals surface area contributed by atoms with Crippen LogP contribution >= 0.6 is 0 Å². The average Bonchev–Trinajstić information content (AvgIpc) is 3.01. The topological polar surface area (TPSA) is 120 Å². The lowest BCUT2D eigenvalue weighted by atomic mass is 10.2. The van der Waals surface area contributed by atoms with Crippen molar-refractivity contribution >= 4 is 34.4 Å². The van der Waals surface area contributed by atoms with Gasteiger partial charge in [0.1, 0.15) is 6.54 Å². The van der Waals surface area contributed by atoms with Gasteiger partial charge in [-0.15, -0.1) is 0 Å². The molecule has 0 saturated heterocycles. The Morgan fingerprint density at radius 1 is 1.07 bits per heavy atom. The molecule has 0 fully saturated rings. The molecule has 27 heavy (non-hydrogen) atoms. The van der Waals surface area contributed by atoms with Crippen LogP contribution in [0.3, 0.4) is 0 Å². The van der Waals surface area contributed by atoms with Crippen molar-refractivity contribution in [3.8, 4) is 0 Å². The van der Waals surface area contributed by atoms with Crippen molar-refractivity contribution < 1.29 is 9.59 Å². The molecule has 3 rings (SSSR count). The Balaban J connectivity index is 1.86. The fourth-order valence-corrected chi connectivity index (χ4v) is 2.75. The Kier molecular flexibility index (Phi) is 4.63. The number of hydrogen-bond donors (Lipinski definition) is 2. The molecule has 0 aliphatic heterocycles. The molecule has 0 aliphatic rings. The van der Waals surface area contributed by atoms with Crippen LogP contribution < -0.4 is 21.9 Å². The molecule has 2 aromatic heterocycles. The van der Waals surface area contributed by atoms with E-state index in [-0.39, 0.29) is 29.5 Å². The van der Waals surface area contributed by atoms with Crippen molar-refractivity contribution in [2.24, 2.45) is 14.1 Å². The molecule has 0 radical (unpaired) electrons. The minimum atomic E-state index is -0.522. The third kappa shape index (κ3) is 3.50. The van der Waals surface area contributed by atoms with Crippen molar-refractivity contribution in [3.63, 3.8) is 0 Å². The molecule has 3 aromatic rings. The maximum atomic E-state index is 12.4. The van der Waals surface area contributed by atoms with Crippen molar-refractivity contribution in [1.29, 1.82) is 0 Å². The van der Waals surface area contributed by atoms with E-state index < -0.39 is 11.2 Å². The van der Waals surface area contributed by atoms with Gasteiger partial charge in [0.05, 0.1) is 6.33 Å². The summed E-state index contributed by atoms with van der Waals surface area (Å²) in [7, 11) is 2.88. The highest BCUT2D eigenvalue weighted by Gasteiger charge is 2.16. The van der Waals surface area contributed by atoms with Crippen LogP contribution in [0.25, 0.3) is 11.2 Å². The second-order valence-corrected chi connectivity index (χ2v) is 6.06. The van der Waals surface area contributed by atoms with Gasteiger partial charge in [0.15, 0.2) is 11.2 Å². The molecule has 0 aliphatic carbocycles. The molecule has 0 atom stereocenters. The van der Waals surface area contributed by atoms with Gasteiger partial charge in [0, 0.05) is 32.4 Å². The molecule has 0 saturated carbocycles. The van der Waals surface area contributed by atoms with Crippen molar-refractivity contribution in [2.45, 2.75) is 13.5 Å². The lowest BCUT2D eigenvalue weighted by molar-refractivity contribution is -0.116. The van der Waals surface area contributed by atoms with Gasteiger partial charge < -0.3 is 15.2 Å². The largest absolute Gasteiger partial charge is 0.332 e. The number of hydrogen-bond acceptors (Lipinski definition) is 5. The number of aryl methyl sites for hydroxylation is 1. The maximum Gasteiger partial charge on any atom is 0.332 e. The Morgan fingerprint density at radius 3 is 2.41 bits per heavy atom. The zero-order valence-electron chi connectivity index (χ0n) is 15.0. The lowest BCUT2D eigenvalue weighted by Gasteiger charge is -2.09. The van der Waals surface area contributed by atoms with Gasteiger partial charge in [0.2, 0.25) is 11.8 Å². The smallest absolute Gasteiger partial charge is 0.326 e. The summed E-state index contributed by atoms with van der Waals surface area (Å²) >= 11 is 0. The minimum Gasteiger partial charge on any atom is -0.326 e. The molecule has 10 heteroatoms. The van der Waals surface area contributed by atoms with Gasteiger partial charge in [-0.05, 0) is 18.2 Å². The first-order chi connectivity index (χ1) is 12.8. The number of fused-ring (bicyclic) bond motifs is 1. The molecule has 10 nitrogen and oxygen atoms in total. The molecule has 0 bridgehead atoms. The normalized spacial score (nSPS) is 10.8. The maximum absolute atomic E-state index is 12.4. The summed E-state index contributed by atoms with van der Waals surface area (Å²) in [6, 6.07) is 6.69. The fraction of sp³-hybridized carbons (Fsp3) is 0.235. The first-order valence-electron chi connectivity index (χ1n) is 8.06. The van der Waals surface area contributed by atoms with Crippen molar-refractivity contribution in [2.75, 3.05) is 10.6 Å². The van der Waals surface area contributed by atoms with E-state index in [9.17, 15) is 19.2 Å². The van der Waals surface area contributed by atoms with E-state index in [2.05, 4.69) is 15.6 Å². The summed E-state index contributed by atoms with van der Waals surface area (Å²) in [5.74, 6) is -0.602. The van der Waals surface area contributed by atoms with Gasteiger partial charge in [-0.1, -0.05) is 6.07 Å². The van der Waals surface area contributed by atoms with Crippen LogP contribution in [0.4, 0.5) is 11.4 Å². The summed E-state index contributed by atoms with van der Waals surface area (Å²) in [6.45, 7) is 1.23. The van der Waals surface area contributed by atoms with Gasteiger partial charge in [-0.2, -0.15) is 0 Å². The molecular weight excluding hydrogens is 352 g/mol. The van der Waals surface area contributed by atoms with Crippen LogP contribution in [-0.4, -0.2) is 30.5 Å². The van der Waals surface area contributed by atoms with Gasteiger partial charge >= 0.3 is 5.69 Å². The van der Waals surface area contributed by atoms with E-state index in [4.69, 9.17) is 0 Å². The van der Waals surface area contributed by atoms with Gasteiger partial charge in [-0.3, -0.25) is 23.5 Å². The van der Waals surface area contributed by atoms with E-state index in [0.29, 0.717) is 11.4 Å². The van der Waals surface area contributed by atoms with E-state index in [1.807, 2.05) is 0 Å². The zero-order chi connectivity index (χ0) is 19.7. The summed E-state index contributed by atoms with van der Waals surface area (Å²) < 4.78 is 3.61. The third-order valence-electron chi connectivity index (χ3n) is 4.00. The molecule has 2 heterocycles. The Morgan fingerprint density at radius 2 is 1.74 bits per heavy atom. The minimum absolute atomic E-state index is 0.158. The highest BCUT2D eigenvalue weighted by atomic mass is 16.2. The van der Waals surface area contributed by atoms with Gasteiger partial charge in [0.25, 0.3) is 5.56 Å². The summed E-state index contributed by atoms with van der Waals surface area (Å²) in [5.41, 5.74) is 0.418. The SMILES string of the molecule is CC(=O)Nc1cccc(NC(=O)Cn2cnc3c2c(=O)n(C)c(=O)n3C)c1. The predicted molar refractivity (Wildman–Crippen MR) is 99.6 cm³/mol. The van der Waals surface area contributed by atoms with Crippen LogP contribution in [0.5, 0.6) is 0 Å². The van der Waals surface area contributed by atoms with Crippen LogP contribution in [-0.2, 0) is 30.2 Å². The number of carbonyl (C=O) groups excluding carboxylic acids is 2. The molecule has 2 N–H and O–H groups in total. The van der Waals surface area contributed by atoms with Crippen LogP contribution in [0.2, 0.25) is 0 Å². The second-order valence-electron chi connectivity index (χ2n) is 6.06. The number of nitrogens with zero attached hydrogens (tertiary/aromatic N) is 4. The molecule has 1 aromatic carbocycles. The van der Waals surface area contributed by atoms with Gasteiger partial charge in [-0.25, -0.2) is 9.78 Å². The predicted octanol–water partition coefficient (Wildman–Crippen LogP) is 0.0308. The second kappa shape index (κ2) is 6.90. The highest BCUT2D eigenvalue weighted by Crippen LogP contribution is 2.15.